The van der Waals surface area contributed by atoms with Crippen LogP contribution in [-0.4, -0.2) is 4.57 Å². The number of aryl methyl sites for hydroxylation is 1. The van der Waals surface area contributed by atoms with Gasteiger partial charge in [-0.25, -0.2) is 13.5 Å². The Balaban J connectivity index is 0.00000200. The summed E-state index contributed by atoms with van der Waals surface area (Å²) >= 11 is 0. The lowest BCUT2D eigenvalue weighted by atomic mass is 10.1. The van der Waals surface area contributed by atoms with Crippen LogP contribution in [0.1, 0.15) is 39.0 Å². The second-order valence-electron chi connectivity index (χ2n) is 4.95. The van der Waals surface area contributed by atoms with E-state index in [1.165, 1.54) is 44.2 Å². The van der Waals surface area contributed by atoms with E-state index in [-0.39, 0.29) is 22.8 Å². The van der Waals surface area contributed by atoms with Crippen molar-refractivity contribution in [3.8, 4) is 5.69 Å². The van der Waals surface area contributed by atoms with E-state index in [0.717, 1.165) is 12.2 Å². The van der Waals surface area contributed by atoms with Gasteiger partial charge < -0.3 is 17.0 Å². The van der Waals surface area contributed by atoms with E-state index in [9.17, 15) is 4.39 Å². The van der Waals surface area contributed by atoms with Crippen LogP contribution in [0.5, 0.6) is 0 Å². The number of benzene rings is 1. The lowest BCUT2D eigenvalue weighted by Crippen LogP contribution is -3.00. The number of nitrogens with zero attached hydrogens (tertiary/aromatic N) is 2. The molecule has 20 heavy (non-hydrogen) atoms. The summed E-state index contributed by atoms with van der Waals surface area (Å²) in [4.78, 5) is 0. The second kappa shape index (κ2) is 8.90. The van der Waals surface area contributed by atoms with E-state index in [2.05, 4.69) is 24.0 Å². The summed E-state index contributed by atoms with van der Waals surface area (Å²) < 4.78 is 17.1. The number of halogens is 2. The summed E-state index contributed by atoms with van der Waals surface area (Å²) in [5.41, 5.74) is 0.992. The molecule has 0 aliphatic rings. The summed E-state index contributed by atoms with van der Waals surface area (Å²) in [5.74, 6) is -0.195. The van der Waals surface area contributed by atoms with Gasteiger partial charge in [0.1, 0.15) is 23.9 Å². The predicted octanol–water partition coefficient (Wildman–Crippen LogP) is 0.878. The third-order valence-corrected chi connectivity index (χ3v) is 3.34. The Bertz CT molecular complexity index is 493. The van der Waals surface area contributed by atoms with Crippen LogP contribution in [0.15, 0.2) is 43.0 Å². The molecule has 110 valence electrons. The van der Waals surface area contributed by atoms with Gasteiger partial charge in [-0.3, -0.25) is 0 Å². The molecule has 0 atom stereocenters. The molecular weight excluding hydrogens is 319 g/mol. The number of rotatable bonds is 7. The fraction of sp³-hybridized carbons (Fsp3) is 0.438. The maximum atomic E-state index is 12.9. The molecule has 0 aliphatic carbocycles. The standard InChI is InChI=1S/C16H22FN2.BrH/c1-2-3-4-5-6-11-18-12-13-19(14-18)16-9-7-15(17)8-10-16;/h7-10,12-14H,2-6,11H2,1H3;1H/q+1;/p-1. The molecule has 0 radical (unpaired) electrons. The maximum Gasteiger partial charge on any atom is 0.248 e. The Morgan fingerprint density at radius 3 is 2.45 bits per heavy atom. The second-order valence-corrected chi connectivity index (χ2v) is 4.95. The fourth-order valence-corrected chi connectivity index (χ4v) is 2.19. The van der Waals surface area contributed by atoms with Crippen molar-refractivity contribution in [3.63, 3.8) is 0 Å². The average molecular weight is 341 g/mol. The molecule has 0 aliphatic heterocycles. The molecular formula is C16H22BrFN2. The van der Waals surface area contributed by atoms with Crippen molar-refractivity contribution in [2.24, 2.45) is 0 Å². The van der Waals surface area contributed by atoms with E-state index in [4.69, 9.17) is 0 Å². The number of aromatic nitrogens is 2. The van der Waals surface area contributed by atoms with E-state index >= 15 is 0 Å². The van der Waals surface area contributed by atoms with Gasteiger partial charge in [0.2, 0.25) is 6.33 Å². The Morgan fingerprint density at radius 2 is 1.75 bits per heavy atom. The zero-order valence-electron chi connectivity index (χ0n) is 11.9. The number of hydrogen-bond acceptors (Lipinski definition) is 0. The van der Waals surface area contributed by atoms with Crippen LogP contribution >= 0.6 is 0 Å². The number of hydrogen-bond donors (Lipinski definition) is 0. The first-order valence-electron chi connectivity index (χ1n) is 7.12. The van der Waals surface area contributed by atoms with E-state index in [1.807, 2.05) is 10.8 Å². The van der Waals surface area contributed by atoms with Gasteiger partial charge in [-0.05, 0) is 37.1 Å². The van der Waals surface area contributed by atoms with Crippen LogP contribution in [0.3, 0.4) is 0 Å². The van der Waals surface area contributed by atoms with Crippen LogP contribution < -0.4 is 21.5 Å². The molecule has 0 amide bonds. The predicted molar refractivity (Wildman–Crippen MR) is 74.7 cm³/mol. The summed E-state index contributed by atoms with van der Waals surface area (Å²) in [6.07, 6.45) is 12.6. The highest BCUT2D eigenvalue weighted by atomic mass is 79.9. The molecule has 0 fully saturated rings. The van der Waals surface area contributed by atoms with Crippen molar-refractivity contribution in [1.29, 1.82) is 0 Å². The van der Waals surface area contributed by atoms with Crippen LogP contribution in [0.2, 0.25) is 0 Å². The van der Waals surface area contributed by atoms with Gasteiger partial charge in [0.15, 0.2) is 0 Å². The highest BCUT2D eigenvalue weighted by molar-refractivity contribution is 5.30. The SMILES string of the molecule is CCCCCCC[n+]1ccn(-c2ccc(F)cc2)c1.[Br-]. The summed E-state index contributed by atoms with van der Waals surface area (Å²) in [5, 5.41) is 0. The Hall–Kier alpha value is -1.16. The topological polar surface area (TPSA) is 8.81 Å². The van der Waals surface area contributed by atoms with E-state index < -0.39 is 0 Å². The highest BCUT2D eigenvalue weighted by Gasteiger charge is 2.06. The van der Waals surface area contributed by atoms with Crippen LogP contribution in [0, 0.1) is 5.82 Å². The van der Waals surface area contributed by atoms with Crippen molar-refractivity contribution < 1.29 is 25.9 Å². The molecule has 0 unspecified atom stereocenters. The average Bonchev–Trinajstić information content (AvgIpc) is 2.88. The molecule has 0 saturated carbocycles. The quantitative estimate of drug-likeness (QED) is 0.522. The minimum atomic E-state index is -0.195. The van der Waals surface area contributed by atoms with Crippen molar-refractivity contribution in [1.82, 2.24) is 4.57 Å². The van der Waals surface area contributed by atoms with Crippen molar-refractivity contribution in [2.75, 3.05) is 0 Å². The minimum Gasteiger partial charge on any atom is -1.00 e. The van der Waals surface area contributed by atoms with Gasteiger partial charge in [-0.15, -0.1) is 0 Å². The van der Waals surface area contributed by atoms with Gasteiger partial charge in [-0.1, -0.05) is 26.2 Å². The van der Waals surface area contributed by atoms with Crippen molar-refractivity contribution >= 4 is 0 Å². The monoisotopic (exact) mass is 340 g/mol. The summed E-state index contributed by atoms with van der Waals surface area (Å²) in [7, 11) is 0. The Morgan fingerprint density at radius 1 is 1.05 bits per heavy atom. The highest BCUT2D eigenvalue weighted by Crippen LogP contribution is 2.08. The van der Waals surface area contributed by atoms with Crippen LogP contribution in [0.25, 0.3) is 5.69 Å². The number of imidazole rings is 1. The molecule has 2 rings (SSSR count). The van der Waals surface area contributed by atoms with Crippen molar-refractivity contribution in [3.05, 3.63) is 48.8 Å². The third kappa shape index (κ3) is 5.08. The van der Waals surface area contributed by atoms with Crippen molar-refractivity contribution in [2.45, 2.75) is 45.6 Å². The molecule has 0 bridgehead atoms. The van der Waals surface area contributed by atoms with Gasteiger partial charge in [-0.2, -0.15) is 0 Å². The van der Waals surface area contributed by atoms with Gasteiger partial charge in [0, 0.05) is 0 Å². The Kier molecular flexibility index (Phi) is 7.52. The molecule has 1 heterocycles. The van der Waals surface area contributed by atoms with Gasteiger partial charge in [0.05, 0.1) is 6.54 Å². The van der Waals surface area contributed by atoms with E-state index in [0.29, 0.717) is 0 Å². The molecule has 0 N–H and O–H groups in total. The fourth-order valence-electron chi connectivity index (χ4n) is 2.19. The minimum absolute atomic E-state index is 0. The molecule has 0 saturated heterocycles. The first kappa shape index (κ1) is 16.9. The lowest BCUT2D eigenvalue weighted by molar-refractivity contribution is -0.696. The largest absolute Gasteiger partial charge is 1.00 e. The van der Waals surface area contributed by atoms with E-state index in [1.54, 1.807) is 12.1 Å². The molecule has 0 spiro atoms. The first-order valence-corrected chi connectivity index (χ1v) is 7.12. The summed E-state index contributed by atoms with van der Waals surface area (Å²) in [6, 6.07) is 6.57. The van der Waals surface area contributed by atoms with Gasteiger partial charge in [0.25, 0.3) is 0 Å². The molecule has 4 heteroatoms. The maximum absolute atomic E-state index is 12.9. The zero-order valence-corrected chi connectivity index (χ0v) is 13.5. The molecule has 1 aromatic heterocycles. The lowest BCUT2D eigenvalue weighted by Gasteiger charge is -1.98. The number of unbranched alkanes of at least 4 members (excludes halogenated alkanes) is 4. The molecule has 2 nitrogen and oxygen atoms in total. The molecule has 1 aromatic carbocycles. The Labute approximate surface area is 131 Å². The summed E-state index contributed by atoms with van der Waals surface area (Å²) in [6.45, 7) is 3.29. The first-order chi connectivity index (χ1) is 9.29. The zero-order chi connectivity index (χ0) is 13.5. The van der Waals surface area contributed by atoms with Crippen LogP contribution in [0.4, 0.5) is 4.39 Å². The molecule has 2 aromatic rings. The normalized spacial score (nSPS) is 10.3. The van der Waals surface area contributed by atoms with Crippen LogP contribution in [-0.2, 0) is 6.54 Å². The smallest absolute Gasteiger partial charge is 0.248 e. The third-order valence-electron chi connectivity index (χ3n) is 3.34. The van der Waals surface area contributed by atoms with Gasteiger partial charge >= 0.3 is 0 Å².